The van der Waals surface area contributed by atoms with Gasteiger partial charge in [0, 0.05) is 5.92 Å². The van der Waals surface area contributed by atoms with E-state index in [-0.39, 0.29) is 5.92 Å². The number of rotatable bonds is 6. The zero-order chi connectivity index (χ0) is 20.4. The molecule has 0 saturated heterocycles. The van der Waals surface area contributed by atoms with Gasteiger partial charge in [-0.15, -0.1) is 6.42 Å². The third-order valence-electron chi connectivity index (χ3n) is 7.21. The number of aromatic hydroxyl groups is 1. The molecule has 1 N–H and O–H groups in total. The molecule has 0 heterocycles. The molecule has 1 nitrogen and oxygen atoms in total. The van der Waals surface area contributed by atoms with Crippen LogP contribution >= 0.6 is 0 Å². The number of phenols is 1. The van der Waals surface area contributed by atoms with Gasteiger partial charge in [0.25, 0.3) is 0 Å². The van der Waals surface area contributed by atoms with Crippen molar-refractivity contribution in [2.24, 2.45) is 23.7 Å². The molecule has 2 saturated carbocycles. The molecular formula is C27H42O. The summed E-state index contributed by atoms with van der Waals surface area (Å²) < 4.78 is 0. The Kier molecular flexibility index (Phi) is 9.97. The summed E-state index contributed by atoms with van der Waals surface area (Å²) in [6.45, 7) is 6.33. The molecule has 1 heteroatoms. The lowest BCUT2D eigenvalue weighted by Crippen LogP contribution is -2.26. The molecule has 0 aliphatic heterocycles. The van der Waals surface area contributed by atoms with Crippen LogP contribution in [0, 0.1) is 36.0 Å². The minimum Gasteiger partial charge on any atom is -0.508 e. The Bertz CT molecular complexity index is 565. The molecule has 2 aliphatic rings. The van der Waals surface area contributed by atoms with Gasteiger partial charge in [0.05, 0.1) is 0 Å². The van der Waals surface area contributed by atoms with Crippen LogP contribution in [0.3, 0.4) is 0 Å². The maximum absolute atomic E-state index is 9.48. The highest BCUT2D eigenvalue weighted by Gasteiger charge is 2.31. The molecule has 0 aromatic heterocycles. The van der Waals surface area contributed by atoms with E-state index in [1.165, 1.54) is 69.8 Å². The summed E-state index contributed by atoms with van der Waals surface area (Å²) in [5.74, 6) is 7.29. The average Bonchev–Trinajstić information content (AvgIpc) is 2.75. The zero-order valence-corrected chi connectivity index (χ0v) is 18.5. The fourth-order valence-electron chi connectivity index (χ4n) is 5.59. The minimum atomic E-state index is 0.196. The second kappa shape index (κ2) is 12.2. The van der Waals surface area contributed by atoms with E-state index >= 15 is 0 Å². The van der Waals surface area contributed by atoms with Crippen molar-refractivity contribution in [2.45, 2.75) is 97.3 Å². The maximum atomic E-state index is 9.48. The van der Waals surface area contributed by atoms with E-state index < -0.39 is 0 Å². The first-order valence-electron chi connectivity index (χ1n) is 11.9. The molecule has 3 rings (SSSR count). The summed E-state index contributed by atoms with van der Waals surface area (Å²) in [7, 11) is 0. The predicted molar refractivity (Wildman–Crippen MR) is 121 cm³/mol. The van der Waals surface area contributed by atoms with Gasteiger partial charge >= 0.3 is 0 Å². The quantitative estimate of drug-likeness (QED) is 0.495. The van der Waals surface area contributed by atoms with E-state index in [4.69, 9.17) is 6.42 Å². The predicted octanol–water partition coefficient (Wildman–Crippen LogP) is 7.94. The Morgan fingerprint density at radius 3 is 1.86 bits per heavy atom. The van der Waals surface area contributed by atoms with Crippen molar-refractivity contribution in [3.8, 4) is 18.1 Å². The first-order valence-corrected chi connectivity index (χ1v) is 11.9. The summed E-state index contributed by atoms with van der Waals surface area (Å²) in [5.41, 5.74) is 1.18. The van der Waals surface area contributed by atoms with Gasteiger partial charge in [-0.2, -0.15) is 0 Å². The highest BCUT2D eigenvalue weighted by molar-refractivity contribution is 5.32. The van der Waals surface area contributed by atoms with Crippen LogP contribution in [0.5, 0.6) is 5.75 Å². The van der Waals surface area contributed by atoms with Gasteiger partial charge < -0.3 is 5.11 Å². The molecule has 1 aromatic rings. The van der Waals surface area contributed by atoms with Crippen LogP contribution in [0.2, 0.25) is 0 Å². The molecule has 1 atom stereocenters. The lowest BCUT2D eigenvalue weighted by atomic mass is 9.67. The second-order valence-electron chi connectivity index (χ2n) is 8.90. The Morgan fingerprint density at radius 2 is 1.39 bits per heavy atom. The van der Waals surface area contributed by atoms with Crippen molar-refractivity contribution >= 4 is 0 Å². The highest BCUT2D eigenvalue weighted by atomic mass is 16.3. The van der Waals surface area contributed by atoms with Crippen molar-refractivity contribution in [3.63, 3.8) is 0 Å². The van der Waals surface area contributed by atoms with Crippen LogP contribution in [-0.4, -0.2) is 5.11 Å². The van der Waals surface area contributed by atoms with E-state index in [1.807, 2.05) is 26.0 Å². The highest BCUT2D eigenvalue weighted by Crippen LogP contribution is 2.43. The van der Waals surface area contributed by atoms with Crippen molar-refractivity contribution < 1.29 is 5.11 Å². The van der Waals surface area contributed by atoms with Gasteiger partial charge in [-0.25, -0.2) is 0 Å². The number of terminal acetylenes is 1. The van der Waals surface area contributed by atoms with Gasteiger partial charge in [0.1, 0.15) is 5.75 Å². The standard InChI is InChI=1S/C25H36O.C2H6/c1-3-5-19-6-10-23(11-7-19)24-12-8-20(9-13-24)18-21(4-2)22-14-16-25(26)17-15-22;1-2/h2,14-17,19-21,23-24,26H,3,5-13,18H2,1H3;1-2H3. The molecule has 2 aliphatic carbocycles. The third-order valence-corrected chi connectivity index (χ3v) is 7.21. The second-order valence-corrected chi connectivity index (χ2v) is 8.90. The summed E-state index contributed by atoms with van der Waals surface area (Å²) >= 11 is 0. The van der Waals surface area contributed by atoms with E-state index in [0.717, 1.165) is 30.1 Å². The van der Waals surface area contributed by atoms with E-state index in [0.29, 0.717) is 5.75 Å². The van der Waals surface area contributed by atoms with Crippen LogP contribution < -0.4 is 0 Å². The Labute approximate surface area is 174 Å². The van der Waals surface area contributed by atoms with Crippen molar-refractivity contribution in [1.29, 1.82) is 0 Å². The van der Waals surface area contributed by atoms with Gasteiger partial charge in [-0.3, -0.25) is 0 Å². The van der Waals surface area contributed by atoms with Crippen LogP contribution in [0.1, 0.15) is 103 Å². The lowest BCUT2D eigenvalue weighted by molar-refractivity contribution is 0.140. The summed E-state index contributed by atoms with van der Waals surface area (Å²) in [6, 6.07) is 7.48. The monoisotopic (exact) mass is 382 g/mol. The Morgan fingerprint density at radius 1 is 0.893 bits per heavy atom. The van der Waals surface area contributed by atoms with Crippen LogP contribution in [0.4, 0.5) is 0 Å². The largest absolute Gasteiger partial charge is 0.508 e. The first-order chi connectivity index (χ1) is 13.7. The molecule has 1 aromatic carbocycles. The van der Waals surface area contributed by atoms with Crippen LogP contribution in [-0.2, 0) is 0 Å². The molecule has 28 heavy (non-hydrogen) atoms. The molecule has 156 valence electrons. The van der Waals surface area contributed by atoms with Gasteiger partial charge in [-0.05, 0) is 73.5 Å². The fraction of sp³-hybridized carbons (Fsp3) is 0.704. The average molecular weight is 383 g/mol. The third kappa shape index (κ3) is 6.58. The SMILES string of the molecule is C#CC(CC1CCC(C2CCC(CCC)CC2)CC1)c1ccc(O)cc1.CC. The summed E-state index contributed by atoms with van der Waals surface area (Å²) in [4.78, 5) is 0. The minimum absolute atomic E-state index is 0.196. The Balaban J connectivity index is 0.00000136. The first kappa shape index (κ1) is 22.9. The number of hydrogen-bond acceptors (Lipinski definition) is 1. The molecule has 0 amide bonds. The topological polar surface area (TPSA) is 20.2 Å². The molecule has 1 unspecified atom stereocenters. The van der Waals surface area contributed by atoms with Crippen molar-refractivity contribution in [3.05, 3.63) is 29.8 Å². The number of phenolic OH excluding ortho intramolecular Hbond substituents is 1. The molecule has 0 spiro atoms. The van der Waals surface area contributed by atoms with Crippen LogP contribution in [0.25, 0.3) is 0 Å². The number of hydrogen-bond donors (Lipinski definition) is 1. The van der Waals surface area contributed by atoms with Gasteiger partial charge in [0.15, 0.2) is 0 Å². The number of benzene rings is 1. The smallest absolute Gasteiger partial charge is 0.115 e. The normalized spacial score (nSPS) is 28.5. The molecule has 2 fully saturated rings. The van der Waals surface area contributed by atoms with E-state index in [2.05, 4.69) is 12.8 Å². The van der Waals surface area contributed by atoms with Gasteiger partial charge in [0.2, 0.25) is 0 Å². The fourth-order valence-corrected chi connectivity index (χ4v) is 5.59. The van der Waals surface area contributed by atoms with Crippen LogP contribution in [0.15, 0.2) is 24.3 Å². The summed E-state index contributed by atoms with van der Waals surface area (Å²) in [5, 5.41) is 9.48. The van der Waals surface area contributed by atoms with Gasteiger partial charge in [-0.1, -0.05) is 77.3 Å². The molecular weight excluding hydrogens is 340 g/mol. The van der Waals surface area contributed by atoms with E-state index in [1.54, 1.807) is 12.1 Å². The zero-order valence-electron chi connectivity index (χ0n) is 18.5. The maximum Gasteiger partial charge on any atom is 0.115 e. The van der Waals surface area contributed by atoms with E-state index in [9.17, 15) is 5.11 Å². The van der Waals surface area contributed by atoms with Crippen molar-refractivity contribution in [1.82, 2.24) is 0 Å². The lowest BCUT2D eigenvalue weighted by Gasteiger charge is -2.38. The summed E-state index contributed by atoms with van der Waals surface area (Å²) in [6.07, 6.45) is 21.2. The molecule has 0 radical (unpaired) electrons. The van der Waals surface area contributed by atoms with Crippen molar-refractivity contribution in [2.75, 3.05) is 0 Å². The molecule has 0 bridgehead atoms. The Hall–Kier alpha value is -1.42.